The molecule has 0 aromatic heterocycles. The highest BCUT2D eigenvalue weighted by Gasteiger charge is 2.23. The number of carbonyl (C=O) groups is 2. The molecule has 1 aromatic rings. The number of rotatable bonds is 9. The molecule has 1 rings (SSSR count). The van der Waals surface area contributed by atoms with Gasteiger partial charge in [0.25, 0.3) is 5.91 Å². The molecule has 0 bridgehead atoms. The Labute approximate surface area is 135 Å². The molecule has 1 unspecified atom stereocenters. The van der Waals surface area contributed by atoms with E-state index in [1.165, 1.54) is 0 Å². The van der Waals surface area contributed by atoms with Crippen molar-refractivity contribution in [2.45, 2.75) is 39.2 Å². The van der Waals surface area contributed by atoms with Crippen molar-refractivity contribution in [1.29, 1.82) is 0 Å². The first-order chi connectivity index (χ1) is 10.4. The summed E-state index contributed by atoms with van der Waals surface area (Å²) in [6.45, 7) is 4.24. The summed E-state index contributed by atoms with van der Waals surface area (Å²) in [5.74, 6) is -0.480. The molecular formula is C16H22ClNO4. The second-order valence-corrected chi connectivity index (χ2v) is 5.82. The summed E-state index contributed by atoms with van der Waals surface area (Å²) in [6, 6.07) is 6.92. The van der Waals surface area contributed by atoms with Gasteiger partial charge in [0.2, 0.25) is 0 Å². The van der Waals surface area contributed by atoms with Crippen LogP contribution in [0.15, 0.2) is 24.3 Å². The van der Waals surface area contributed by atoms with Crippen molar-refractivity contribution in [3.05, 3.63) is 29.3 Å². The van der Waals surface area contributed by atoms with E-state index in [0.717, 1.165) is 0 Å². The number of carboxylic acid groups (broad SMARTS) is 1. The van der Waals surface area contributed by atoms with Crippen LogP contribution in [0.1, 0.15) is 33.1 Å². The zero-order valence-corrected chi connectivity index (χ0v) is 13.6. The molecule has 2 N–H and O–H groups in total. The Morgan fingerprint density at radius 1 is 1.32 bits per heavy atom. The average molecular weight is 328 g/mol. The summed E-state index contributed by atoms with van der Waals surface area (Å²) < 4.78 is 5.72. The van der Waals surface area contributed by atoms with Crippen LogP contribution in [0.25, 0.3) is 0 Å². The molecule has 0 aliphatic heterocycles. The second-order valence-electron chi connectivity index (χ2n) is 5.38. The minimum atomic E-state index is -0.823. The summed E-state index contributed by atoms with van der Waals surface area (Å²) in [4.78, 5) is 22.6. The summed E-state index contributed by atoms with van der Waals surface area (Å²) in [6.07, 6.45) is 0.664. The predicted octanol–water partition coefficient (Wildman–Crippen LogP) is 3.11. The molecular weight excluding hydrogens is 306 g/mol. The molecule has 5 nitrogen and oxygen atoms in total. The van der Waals surface area contributed by atoms with Gasteiger partial charge in [-0.1, -0.05) is 31.5 Å². The van der Waals surface area contributed by atoms with E-state index in [1.807, 2.05) is 13.8 Å². The lowest BCUT2D eigenvalue weighted by Gasteiger charge is -2.22. The number of aliphatic carboxylic acids is 1. The van der Waals surface area contributed by atoms with Crippen LogP contribution in [0.4, 0.5) is 0 Å². The van der Waals surface area contributed by atoms with E-state index in [2.05, 4.69) is 5.32 Å². The topological polar surface area (TPSA) is 75.6 Å². The highest BCUT2D eigenvalue weighted by Crippen LogP contribution is 2.20. The van der Waals surface area contributed by atoms with Crippen molar-refractivity contribution in [2.75, 3.05) is 6.54 Å². The van der Waals surface area contributed by atoms with Gasteiger partial charge in [-0.25, -0.2) is 0 Å². The lowest BCUT2D eigenvalue weighted by molar-refractivity contribution is -0.137. The van der Waals surface area contributed by atoms with Crippen molar-refractivity contribution >= 4 is 23.5 Å². The smallest absolute Gasteiger partial charge is 0.303 e. The van der Waals surface area contributed by atoms with E-state index < -0.39 is 12.1 Å². The summed E-state index contributed by atoms with van der Waals surface area (Å²) in [7, 11) is 0. The molecule has 1 aromatic carbocycles. The monoisotopic (exact) mass is 327 g/mol. The zero-order chi connectivity index (χ0) is 16.5. The minimum Gasteiger partial charge on any atom is -0.481 e. The predicted molar refractivity (Wildman–Crippen MR) is 85.2 cm³/mol. The van der Waals surface area contributed by atoms with Crippen molar-refractivity contribution in [1.82, 2.24) is 5.32 Å². The number of carbonyl (C=O) groups excluding carboxylic acids is 1. The van der Waals surface area contributed by atoms with E-state index in [0.29, 0.717) is 30.2 Å². The van der Waals surface area contributed by atoms with E-state index >= 15 is 0 Å². The van der Waals surface area contributed by atoms with Crippen LogP contribution in [0, 0.1) is 5.92 Å². The zero-order valence-electron chi connectivity index (χ0n) is 12.8. The van der Waals surface area contributed by atoms with Crippen LogP contribution in [0.2, 0.25) is 5.02 Å². The van der Waals surface area contributed by atoms with Crippen LogP contribution in [-0.4, -0.2) is 29.6 Å². The Kier molecular flexibility index (Phi) is 7.74. The fourth-order valence-corrected chi connectivity index (χ4v) is 2.07. The lowest BCUT2D eigenvalue weighted by Crippen LogP contribution is -2.42. The number of ether oxygens (including phenoxy) is 1. The number of hydrogen-bond donors (Lipinski definition) is 2. The Bertz CT molecular complexity index is 505. The number of carboxylic acids is 1. The van der Waals surface area contributed by atoms with Crippen molar-refractivity contribution < 1.29 is 19.4 Å². The molecule has 122 valence electrons. The first kappa shape index (κ1) is 18.3. The van der Waals surface area contributed by atoms with E-state index in [-0.39, 0.29) is 18.2 Å². The molecule has 0 fully saturated rings. The van der Waals surface area contributed by atoms with Crippen LogP contribution >= 0.6 is 11.6 Å². The van der Waals surface area contributed by atoms with Gasteiger partial charge in [-0.05, 0) is 37.0 Å². The minimum absolute atomic E-state index is 0.00185. The second kappa shape index (κ2) is 9.30. The Hall–Kier alpha value is -1.75. The van der Waals surface area contributed by atoms with Gasteiger partial charge >= 0.3 is 5.97 Å². The highest BCUT2D eigenvalue weighted by molar-refractivity contribution is 6.30. The van der Waals surface area contributed by atoms with Crippen LogP contribution in [0.3, 0.4) is 0 Å². The molecule has 0 spiro atoms. The third-order valence-electron chi connectivity index (χ3n) is 3.04. The molecule has 1 atom stereocenters. The fraction of sp³-hybridized carbons (Fsp3) is 0.500. The van der Waals surface area contributed by atoms with Crippen molar-refractivity contribution in [2.24, 2.45) is 5.92 Å². The average Bonchev–Trinajstić information content (AvgIpc) is 2.43. The number of halogens is 1. The third kappa shape index (κ3) is 6.80. The van der Waals surface area contributed by atoms with Gasteiger partial charge in [0.1, 0.15) is 5.75 Å². The van der Waals surface area contributed by atoms with Crippen LogP contribution in [-0.2, 0) is 9.59 Å². The Morgan fingerprint density at radius 3 is 2.64 bits per heavy atom. The molecule has 0 saturated carbocycles. The maximum atomic E-state index is 12.2. The molecule has 0 heterocycles. The van der Waals surface area contributed by atoms with E-state index in [4.69, 9.17) is 21.4 Å². The maximum Gasteiger partial charge on any atom is 0.303 e. The summed E-state index contributed by atoms with van der Waals surface area (Å²) in [5.41, 5.74) is 0. The Morgan fingerprint density at radius 2 is 2.05 bits per heavy atom. The van der Waals surface area contributed by atoms with E-state index in [9.17, 15) is 9.59 Å². The van der Waals surface area contributed by atoms with Crippen LogP contribution < -0.4 is 10.1 Å². The van der Waals surface area contributed by atoms with Gasteiger partial charge in [0, 0.05) is 18.0 Å². The van der Waals surface area contributed by atoms with Gasteiger partial charge in [-0.15, -0.1) is 0 Å². The van der Waals surface area contributed by atoms with Gasteiger partial charge in [-0.3, -0.25) is 9.59 Å². The molecule has 6 heteroatoms. The highest BCUT2D eigenvalue weighted by atomic mass is 35.5. The quantitative estimate of drug-likeness (QED) is 0.683. The SMILES string of the molecule is CC(C)C(Oc1cccc(Cl)c1)C(=O)NCCCCC(=O)O. The summed E-state index contributed by atoms with van der Waals surface area (Å²) >= 11 is 5.90. The van der Waals surface area contributed by atoms with Gasteiger partial charge in [0.05, 0.1) is 0 Å². The normalized spacial score (nSPS) is 12.0. The van der Waals surface area contributed by atoms with Gasteiger partial charge < -0.3 is 15.2 Å². The Balaban J connectivity index is 2.48. The first-order valence-corrected chi connectivity index (χ1v) is 7.69. The number of benzene rings is 1. The number of nitrogens with one attached hydrogen (secondary N) is 1. The van der Waals surface area contributed by atoms with Crippen molar-refractivity contribution in [3.63, 3.8) is 0 Å². The molecule has 0 aliphatic rings. The standard InChI is InChI=1S/C16H22ClNO4/c1-11(2)15(22-13-7-5-6-12(17)10-13)16(21)18-9-4-3-8-14(19)20/h5-7,10-11,15H,3-4,8-9H2,1-2H3,(H,18,21)(H,19,20). The first-order valence-electron chi connectivity index (χ1n) is 7.32. The number of amides is 1. The third-order valence-corrected chi connectivity index (χ3v) is 3.27. The van der Waals surface area contributed by atoms with Crippen LogP contribution in [0.5, 0.6) is 5.75 Å². The van der Waals surface area contributed by atoms with E-state index in [1.54, 1.807) is 24.3 Å². The molecule has 22 heavy (non-hydrogen) atoms. The van der Waals surface area contributed by atoms with Gasteiger partial charge in [0.15, 0.2) is 6.10 Å². The fourth-order valence-electron chi connectivity index (χ4n) is 1.89. The molecule has 0 saturated heterocycles. The molecule has 0 aliphatic carbocycles. The molecule has 0 radical (unpaired) electrons. The largest absolute Gasteiger partial charge is 0.481 e. The molecule has 1 amide bonds. The lowest BCUT2D eigenvalue weighted by atomic mass is 10.1. The summed E-state index contributed by atoms with van der Waals surface area (Å²) in [5, 5.41) is 11.9. The number of unbranched alkanes of at least 4 members (excludes halogenated alkanes) is 1. The maximum absolute atomic E-state index is 12.2. The van der Waals surface area contributed by atoms with Crippen molar-refractivity contribution in [3.8, 4) is 5.75 Å². The number of hydrogen-bond acceptors (Lipinski definition) is 3. The van der Waals surface area contributed by atoms with Gasteiger partial charge in [-0.2, -0.15) is 0 Å².